The first-order valence-corrected chi connectivity index (χ1v) is 8.77. The van der Waals surface area contributed by atoms with E-state index in [0.29, 0.717) is 37.1 Å². The lowest BCUT2D eigenvalue weighted by Crippen LogP contribution is -2.37. The van der Waals surface area contributed by atoms with Crippen LogP contribution in [0.3, 0.4) is 0 Å². The maximum absolute atomic E-state index is 12.2. The van der Waals surface area contributed by atoms with Crippen molar-refractivity contribution in [1.29, 1.82) is 0 Å². The van der Waals surface area contributed by atoms with E-state index in [0.717, 1.165) is 5.56 Å². The lowest BCUT2D eigenvalue weighted by atomic mass is 10.0. The Morgan fingerprint density at radius 1 is 1.16 bits per heavy atom. The fraction of sp³-hybridized carbons (Fsp3) is 0.526. The van der Waals surface area contributed by atoms with Gasteiger partial charge in [0.25, 0.3) is 0 Å². The largest absolute Gasteiger partial charge is 0.339 e. The first kappa shape index (κ1) is 19.0. The molecule has 0 spiro atoms. The Labute approximate surface area is 149 Å². The standard InChI is InChI=1S/C19H28N4O2/c1-13(2)16-8-6-15(7-9-16)12-23(5)19(24)20-11-10-17-21-18(14(3)4)22-25-17/h6-9,13-14H,10-12H2,1-5H3,(H,20,24). The summed E-state index contributed by atoms with van der Waals surface area (Å²) in [5, 5.41) is 6.79. The van der Waals surface area contributed by atoms with Crippen LogP contribution in [0.15, 0.2) is 28.8 Å². The summed E-state index contributed by atoms with van der Waals surface area (Å²) in [6.45, 7) is 9.40. The number of nitrogens with zero attached hydrogens (tertiary/aromatic N) is 3. The molecule has 2 aromatic rings. The fourth-order valence-corrected chi connectivity index (χ4v) is 2.37. The second-order valence-corrected chi connectivity index (χ2v) is 6.94. The molecule has 1 heterocycles. The normalized spacial score (nSPS) is 11.2. The first-order valence-electron chi connectivity index (χ1n) is 8.77. The van der Waals surface area contributed by atoms with Gasteiger partial charge < -0.3 is 14.7 Å². The SMILES string of the molecule is CC(C)c1ccc(CN(C)C(=O)NCCc2nc(C(C)C)no2)cc1. The zero-order valence-electron chi connectivity index (χ0n) is 15.7. The molecule has 0 saturated carbocycles. The van der Waals surface area contributed by atoms with Crippen molar-refractivity contribution < 1.29 is 9.32 Å². The van der Waals surface area contributed by atoms with Gasteiger partial charge in [0, 0.05) is 32.5 Å². The van der Waals surface area contributed by atoms with Gasteiger partial charge in [-0.15, -0.1) is 0 Å². The quantitative estimate of drug-likeness (QED) is 0.831. The Balaban J connectivity index is 1.77. The number of carbonyl (C=O) groups is 1. The molecule has 0 radical (unpaired) electrons. The van der Waals surface area contributed by atoms with E-state index in [1.54, 1.807) is 11.9 Å². The number of rotatable bonds is 7. The van der Waals surface area contributed by atoms with Gasteiger partial charge in [-0.25, -0.2) is 4.79 Å². The summed E-state index contributed by atoms with van der Waals surface area (Å²) in [5.41, 5.74) is 2.41. The monoisotopic (exact) mass is 344 g/mol. The molecular formula is C19H28N4O2. The number of benzene rings is 1. The summed E-state index contributed by atoms with van der Waals surface area (Å²) in [7, 11) is 1.79. The number of aromatic nitrogens is 2. The zero-order valence-corrected chi connectivity index (χ0v) is 15.7. The second kappa shape index (κ2) is 8.65. The van der Waals surface area contributed by atoms with E-state index in [1.165, 1.54) is 5.56 Å². The van der Waals surface area contributed by atoms with Gasteiger partial charge in [0.1, 0.15) is 0 Å². The van der Waals surface area contributed by atoms with Crippen molar-refractivity contribution in [2.24, 2.45) is 0 Å². The van der Waals surface area contributed by atoms with Crippen molar-refractivity contribution in [3.05, 3.63) is 47.1 Å². The topological polar surface area (TPSA) is 71.3 Å². The van der Waals surface area contributed by atoms with Crippen molar-refractivity contribution in [3.8, 4) is 0 Å². The molecule has 0 saturated heterocycles. The van der Waals surface area contributed by atoms with Crippen molar-refractivity contribution in [3.63, 3.8) is 0 Å². The molecule has 1 aromatic heterocycles. The van der Waals surface area contributed by atoms with E-state index >= 15 is 0 Å². The van der Waals surface area contributed by atoms with Crippen LogP contribution >= 0.6 is 0 Å². The first-order chi connectivity index (χ1) is 11.9. The minimum atomic E-state index is -0.114. The number of nitrogens with one attached hydrogen (secondary N) is 1. The molecule has 0 aliphatic carbocycles. The van der Waals surface area contributed by atoms with Crippen molar-refractivity contribution >= 4 is 6.03 Å². The van der Waals surface area contributed by atoms with E-state index in [4.69, 9.17) is 4.52 Å². The summed E-state index contributed by atoms with van der Waals surface area (Å²) < 4.78 is 5.17. The summed E-state index contributed by atoms with van der Waals surface area (Å²) in [6.07, 6.45) is 0.530. The van der Waals surface area contributed by atoms with E-state index < -0.39 is 0 Å². The number of carbonyl (C=O) groups excluding carboxylic acids is 1. The van der Waals surface area contributed by atoms with Crippen LogP contribution in [0.5, 0.6) is 0 Å². The Hall–Kier alpha value is -2.37. The van der Waals surface area contributed by atoms with Gasteiger partial charge in [0.2, 0.25) is 5.89 Å². The van der Waals surface area contributed by atoms with Crippen LogP contribution < -0.4 is 5.32 Å². The van der Waals surface area contributed by atoms with E-state index in [-0.39, 0.29) is 11.9 Å². The molecule has 25 heavy (non-hydrogen) atoms. The zero-order chi connectivity index (χ0) is 18.4. The van der Waals surface area contributed by atoms with Crippen molar-refractivity contribution in [2.75, 3.05) is 13.6 Å². The molecule has 2 amide bonds. The molecule has 1 aromatic carbocycles. The predicted octanol–water partition coefficient (Wildman–Crippen LogP) is 3.70. The van der Waals surface area contributed by atoms with Crippen LogP contribution in [-0.2, 0) is 13.0 Å². The van der Waals surface area contributed by atoms with Gasteiger partial charge in [-0.3, -0.25) is 0 Å². The average molecular weight is 344 g/mol. The van der Waals surface area contributed by atoms with Gasteiger partial charge in [0.05, 0.1) is 0 Å². The van der Waals surface area contributed by atoms with Crippen molar-refractivity contribution in [1.82, 2.24) is 20.4 Å². The van der Waals surface area contributed by atoms with Crippen LogP contribution in [0, 0.1) is 0 Å². The molecule has 0 fully saturated rings. The fourth-order valence-electron chi connectivity index (χ4n) is 2.37. The molecule has 0 atom stereocenters. The number of hydrogen-bond donors (Lipinski definition) is 1. The van der Waals surface area contributed by atoms with Gasteiger partial charge in [-0.1, -0.05) is 57.1 Å². The van der Waals surface area contributed by atoms with Gasteiger partial charge >= 0.3 is 6.03 Å². The molecule has 6 heteroatoms. The maximum atomic E-state index is 12.2. The second-order valence-electron chi connectivity index (χ2n) is 6.94. The van der Waals surface area contributed by atoms with E-state index in [2.05, 4.69) is 53.6 Å². The van der Waals surface area contributed by atoms with E-state index in [9.17, 15) is 4.79 Å². The third kappa shape index (κ3) is 5.59. The highest BCUT2D eigenvalue weighted by molar-refractivity contribution is 5.73. The molecule has 0 aliphatic rings. The highest BCUT2D eigenvalue weighted by Gasteiger charge is 2.12. The Morgan fingerprint density at radius 2 is 1.84 bits per heavy atom. The van der Waals surface area contributed by atoms with Crippen LogP contribution in [0.2, 0.25) is 0 Å². The number of urea groups is 1. The Morgan fingerprint density at radius 3 is 2.40 bits per heavy atom. The molecule has 1 N–H and O–H groups in total. The van der Waals surface area contributed by atoms with Crippen LogP contribution in [0.25, 0.3) is 0 Å². The minimum absolute atomic E-state index is 0.114. The smallest absolute Gasteiger partial charge is 0.317 e. The summed E-state index contributed by atoms with van der Waals surface area (Å²) >= 11 is 0. The third-order valence-corrected chi connectivity index (χ3v) is 4.03. The molecule has 0 unspecified atom stereocenters. The molecular weight excluding hydrogens is 316 g/mol. The predicted molar refractivity (Wildman–Crippen MR) is 97.5 cm³/mol. The minimum Gasteiger partial charge on any atom is -0.339 e. The molecule has 0 bridgehead atoms. The third-order valence-electron chi connectivity index (χ3n) is 4.03. The highest BCUT2D eigenvalue weighted by atomic mass is 16.5. The molecule has 0 aliphatic heterocycles. The van der Waals surface area contributed by atoms with Gasteiger partial charge in [-0.05, 0) is 17.0 Å². The highest BCUT2D eigenvalue weighted by Crippen LogP contribution is 2.15. The van der Waals surface area contributed by atoms with Crippen LogP contribution in [0.1, 0.15) is 62.4 Å². The van der Waals surface area contributed by atoms with E-state index in [1.807, 2.05) is 13.8 Å². The molecule has 2 rings (SSSR count). The Kier molecular flexibility index (Phi) is 6.56. The van der Waals surface area contributed by atoms with Gasteiger partial charge in [-0.2, -0.15) is 4.98 Å². The number of hydrogen-bond acceptors (Lipinski definition) is 4. The maximum Gasteiger partial charge on any atom is 0.317 e. The number of amides is 2. The lowest BCUT2D eigenvalue weighted by molar-refractivity contribution is 0.206. The van der Waals surface area contributed by atoms with Crippen LogP contribution in [0.4, 0.5) is 4.79 Å². The average Bonchev–Trinajstić information content (AvgIpc) is 3.04. The van der Waals surface area contributed by atoms with Crippen molar-refractivity contribution in [2.45, 2.75) is 52.5 Å². The summed E-state index contributed by atoms with van der Waals surface area (Å²) in [4.78, 5) is 18.1. The van der Waals surface area contributed by atoms with Gasteiger partial charge in [0.15, 0.2) is 5.82 Å². The Bertz CT molecular complexity index is 677. The lowest BCUT2D eigenvalue weighted by Gasteiger charge is -2.18. The summed E-state index contributed by atoms with van der Waals surface area (Å²) in [5.74, 6) is 2.00. The molecule has 6 nitrogen and oxygen atoms in total. The molecule has 136 valence electrons. The van der Waals surface area contributed by atoms with Crippen LogP contribution in [-0.4, -0.2) is 34.7 Å². The summed E-state index contributed by atoms with van der Waals surface area (Å²) in [6, 6.07) is 8.27.